The van der Waals surface area contributed by atoms with E-state index in [1.54, 1.807) is 0 Å². The molecule has 1 saturated heterocycles. The maximum Gasteiger partial charge on any atom is 0.236 e. The van der Waals surface area contributed by atoms with Crippen LogP contribution in [0.5, 0.6) is 0 Å². The Balaban J connectivity index is 2.04. The molecule has 0 aromatic carbocycles. The summed E-state index contributed by atoms with van der Waals surface area (Å²) >= 11 is 1.42. The van der Waals surface area contributed by atoms with Gasteiger partial charge in [0.15, 0.2) is 5.17 Å². The fraction of sp³-hybridized carbons (Fsp3) is 0.750. The molecule has 0 aromatic heterocycles. The Morgan fingerprint density at radius 2 is 2.18 bits per heavy atom. The van der Waals surface area contributed by atoms with Crippen LogP contribution >= 0.6 is 11.8 Å². The van der Waals surface area contributed by atoms with E-state index in [2.05, 4.69) is 36.3 Å². The zero-order valence-electron chi connectivity index (χ0n) is 10.6. The smallest absolute Gasteiger partial charge is 0.236 e. The van der Waals surface area contributed by atoms with Gasteiger partial charge in [-0.25, -0.2) is 0 Å². The second-order valence-electron chi connectivity index (χ2n) is 5.76. The SMILES string of the molecule is C[C@H]1C/C(=N/N=C2NC(=O)CS2)CC(C)(C)C1. The average molecular weight is 253 g/mol. The largest absolute Gasteiger partial charge is 0.303 e. The third-order valence-corrected chi connectivity index (χ3v) is 3.90. The van der Waals surface area contributed by atoms with Crippen LogP contribution in [-0.4, -0.2) is 22.5 Å². The molecule has 17 heavy (non-hydrogen) atoms. The third kappa shape index (κ3) is 3.56. The molecule has 5 heteroatoms. The Kier molecular flexibility index (Phi) is 3.56. The van der Waals surface area contributed by atoms with Crippen molar-refractivity contribution in [3.05, 3.63) is 0 Å². The molecule has 1 aliphatic carbocycles. The van der Waals surface area contributed by atoms with Crippen LogP contribution in [0.15, 0.2) is 10.2 Å². The summed E-state index contributed by atoms with van der Waals surface area (Å²) in [5, 5.41) is 11.8. The molecule has 1 atom stereocenters. The normalized spacial score (nSPS) is 33.1. The average Bonchev–Trinajstić information content (AvgIpc) is 2.58. The number of amidine groups is 1. The van der Waals surface area contributed by atoms with Crippen LogP contribution in [0.25, 0.3) is 0 Å². The molecule has 0 spiro atoms. The second-order valence-corrected chi connectivity index (χ2v) is 6.73. The standard InChI is InChI=1S/C12H19N3OS/c1-8-4-9(6-12(2,3)5-8)14-15-11-13-10(16)7-17-11/h8H,4-7H2,1-3H3,(H,13,15,16)/b14-9-/t8-/m0/s1. The highest BCUT2D eigenvalue weighted by atomic mass is 32.2. The molecule has 0 unspecified atom stereocenters. The Morgan fingerprint density at radius 1 is 1.41 bits per heavy atom. The summed E-state index contributed by atoms with van der Waals surface area (Å²) in [6.45, 7) is 6.81. The van der Waals surface area contributed by atoms with Gasteiger partial charge in [0, 0.05) is 5.71 Å². The molecule has 0 aromatic rings. The van der Waals surface area contributed by atoms with Crippen LogP contribution in [0.4, 0.5) is 0 Å². The zero-order chi connectivity index (χ0) is 12.5. The Hall–Kier alpha value is -0.840. The zero-order valence-corrected chi connectivity index (χ0v) is 11.4. The van der Waals surface area contributed by atoms with Crippen LogP contribution in [0.2, 0.25) is 0 Å². The summed E-state index contributed by atoms with van der Waals surface area (Å²) in [5.41, 5.74) is 1.48. The van der Waals surface area contributed by atoms with Crippen molar-refractivity contribution in [3.8, 4) is 0 Å². The second kappa shape index (κ2) is 4.80. The Morgan fingerprint density at radius 3 is 2.76 bits per heavy atom. The molecule has 2 aliphatic rings. The van der Waals surface area contributed by atoms with E-state index in [-0.39, 0.29) is 5.91 Å². The van der Waals surface area contributed by atoms with Gasteiger partial charge in [0.2, 0.25) is 5.91 Å². The first kappa shape index (κ1) is 12.6. The number of hydrogen-bond donors (Lipinski definition) is 1. The molecule has 1 saturated carbocycles. The van der Waals surface area contributed by atoms with Gasteiger partial charge >= 0.3 is 0 Å². The van der Waals surface area contributed by atoms with E-state index in [0.29, 0.717) is 22.3 Å². The number of carbonyl (C=O) groups excluding carboxylic acids is 1. The van der Waals surface area contributed by atoms with Crippen molar-refractivity contribution in [1.82, 2.24) is 5.32 Å². The first-order chi connectivity index (χ1) is 7.94. The third-order valence-electron chi connectivity index (χ3n) is 3.04. The van der Waals surface area contributed by atoms with Gasteiger partial charge in [0.25, 0.3) is 0 Å². The predicted molar refractivity (Wildman–Crippen MR) is 72.3 cm³/mol. The summed E-state index contributed by atoms with van der Waals surface area (Å²) in [4.78, 5) is 11.0. The number of nitrogens with one attached hydrogen (secondary N) is 1. The maximum atomic E-state index is 11.0. The van der Waals surface area contributed by atoms with E-state index in [0.717, 1.165) is 18.6 Å². The number of rotatable bonds is 1. The molecule has 0 radical (unpaired) electrons. The van der Waals surface area contributed by atoms with Crippen molar-refractivity contribution < 1.29 is 4.79 Å². The Labute approximate surface area is 106 Å². The van der Waals surface area contributed by atoms with Crippen molar-refractivity contribution in [2.75, 3.05) is 5.75 Å². The minimum atomic E-state index is 0.0197. The molecule has 1 heterocycles. The van der Waals surface area contributed by atoms with Crippen molar-refractivity contribution in [1.29, 1.82) is 0 Å². The van der Waals surface area contributed by atoms with E-state index in [1.807, 2.05) is 0 Å². The topological polar surface area (TPSA) is 53.8 Å². The minimum absolute atomic E-state index is 0.0197. The maximum absolute atomic E-state index is 11.0. The fourth-order valence-electron chi connectivity index (χ4n) is 2.69. The van der Waals surface area contributed by atoms with E-state index in [9.17, 15) is 4.79 Å². The minimum Gasteiger partial charge on any atom is -0.303 e. The number of nitrogens with zero attached hydrogens (tertiary/aromatic N) is 2. The fourth-order valence-corrected chi connectivity index (χ4v) is 3.31. The highest BCUT2D eigenvalue weighted by Crippen LogP contribution is 2.37. The van der Waals surface area contributed by atoms with Crippen LogP contribution < -0.4 is 5.32 Å². The van der Waals surface area contributed by atoms with Crippen LogP contribution in [0.1, 0.15) is 40.0 Å². The van der Waals surface area contributed by atoms with E-state index in [1.165, 1.54) is 18.2 Å². The highest BCUT2D eigenvalue weighted by molar-refractivity contribution is 8.15. The number of hydrogen-bond acceptors (Lipinski definition) is 4. The predicted octanol–water partition coefficient (Wildman–Crippen LogP) is 2.41. The van der Waals surface area contributed by atoms with E-state index in [4.69, 9.17) is 0 Å². The van der Waals surface area contributed by atoms with Gasteiger partial charge in [-0.2, -0.15) is 5.10 Å². The summed E-state index contributed by atoms with van der Waals surface area (Å²) in [6, 6.07) is 0. The lowest BCUT2D eigenvalue weighted by Crippen LogP contribution is -2.27. The number of amides is 1. The van der Waals surface area contributed by atoms with Crippen molar-refractivity contribution >= 4 is 28.5 Å². The molecular weight excluding hydrogens is 234 g/mol. The van der Waals surface area contributed by atoms with Gasteiger partial charge in [0.1, 0.15) is 0 Å². The van der Waals surface area contributed by atoms with Crippen molar-refractivity contribution in [2.24, 2.45) is 21.5 Å². The summed E-state index contributed by atoms with van der Waals surface area (Å²) < 4.78 is 0. The molecule has 1 amide bonds. The highest BCUT2D eigenvalue weighted by Gasteiger charge is 2.29. The lowest BCUT2D eigenvalue weighted by atomic mass is 9.72. The monoisotopic (exact) mass is 253 g/mol. The summed E-state index contributed by atoms with van der Waals surface area (Å²) in [7, 11) is 0. The van der Waals surface area contributed by atoms with Gasteiger partial charge in [0.05, 0.1) is 5.75 Å². The van der Waals surface area contributed by atoms with Gasteiger partial charge in [-0.1, -0.05) is 32.5 Å². The lowest BCUT2D eigenvalue weighted by molar-refractivity contribution is -0.116. The molecule has 94 valence electrons. The van der Waals surface area contributed by atoms with Gasteiger partial charge in [-0.3, -0.25) is 4.79 Å². The van der Waals surface area contributed by atoms with Gasteiger partial charge < -0.3 is 5.32 Å². The summed E-state index contributed by atoms with van der Waals surface area (Å²) in [6.07, 6.45) is 3.28. The van der Waals surface area contributed by atoms with Gasteiger partial charge in [-0.05, 0) is 30.6 Å². The first-order valence-electron chi connectivity index (χ1n) is 6.01. The molecular formula is C12H19N3OS. The van der Waals surface area contributed by atoms with Crippen molar-refractivity contribution in [3.63, 3.8) is 0 Å². The molecule has 2 rings (SSSR count). The van der Waals surface area contributed by atoms with Crippen LogP contribution in [0, 0.1) is 11.3 Å². The van der Waals surface area contributed by atoms with Gasteiger partial charge in [-0.15, -0.1) is 5.10 Å². The molecule has 4 nitrogen and oxygen atoms in total. The van der Waals surface area contributed by atoms with E-state index < -0.39 is 0 Å². The quantitative estimate of drug-likeness (QED) is 0.730. The molecule has 1 N–H and O–H groups in total. The molecule has 2 fully saturated rings. The summed E-state index contributed by atoms with van der Waals surface area (Å²) in [5.74, 6) is 1.15. The lowest BCUT2D eigenvalue weighted by Gasteiger charge is -2.34. The van der Waals surface area contributed by atoms with Crippen LogP contribution in [-0.2, 0) is 4.79 Å². The molecule has 1 aliphatic heterocycles. The van der Waals surface area contributed by atoms with Crippen LogP contribution in [0.3, 0.4) is 0 Å². The number of carbonyl (C=O) groups is 1. The Bertz CT molecular complexity index is 387. The molecule has 0 bridgehead atoms. The van der Waals surface area contributed by atoms with Crippen molar-refractivity contribution in [2.45, 2.75) is 40.0 Å². The van der Waals surface area contributed by atoms with E-state index >= 15 is 0 Å². The number of thioether (sulfide) groups is 1. The first-order valence-corrected chi connectivity index (χ1v) is 6.99.